The molecule has 2 aromatic carbocycles. The summed E-state index contributed by atoms with van der Waals surface area (Å²) in [5.41, 5.74) is -1.25. The van der Waals surface area contributed by atoms with Crippen LogP contribution in [0.15, 0.2) is 60.3 Å². The second-order valence-corrected chi connectivity index (χ2v) is 10.0. The summed E-state index contributed by atoms with van der Waals surface area (Å²) in [4.78, 5) is 47.1. The van der Waals surface area contributed by atoms with Gasteiger partial charge in [-0.2, -0.15) is 13.2 Å². The highest BCUT2D eigenvalue weighted by molar-refractivity contribution is 6.36. The van der Waals surface area contributed by atoms with Crippen molar-refractivity contribution in [1.82, 2.24) is 15.3 Å². The van der Waals surface area contributed by atoms with E-state index in [4.69, 9.17) is 32.7 Å². The molecule has 3 aromatic rings. The summed E-state index contributed by atoms with van der Waals surface area (Å²) in [6.45, 7) is -0.545. The van der Waals surface area contributed by atoms with Crippen LogP contribution >= 0.6 is 23.2 Å². The van der Waals surface area contributed by atoms with E-state index < -0.39 is 40.2 Å². The van der Waals surface area contributed by atoms with Gasteiger partial charge < -0.3 is 24.9 Å². The number of aromatic nitrogens is 2. The monoisotopic (exact) mass is 667 g/mol. The number of fused-ring (bicyclic) bond motifs is 1. The zero-order valence-electron chi connectivity index (χ0n) is 22.9. The topological polar surface area (TPSA) is 155 Å². The molecule has 0 unspecified atom stereocenters. The zero-order chi connectivity index (χ0) is 32.6. The molecule has 4 rings (SSSR count). The first-order chi connectivity index (χ1) is 21.4. The molecule has 0 saturated heterocycles. The third-order valence-corrected chi connectivity index (χ3v) is 6.48. The van der Waals surface area contributed by atoms with Gasteiger partial charge in [0, 0.05) is 24.2 Å². The van der Waals surface area contributed by atoms with Crippen LogP contribution in [-0.4, -0.2) is 46.7 Å². The lowest BCUT2D eigenvalue weighted by Crippen LogP contribution is -2.29. The second-order valence-electron chi connectivity index (χ2n) is 9.18. The molecule has 45 heavy (non-hydrogen) atoms. The number of hydrogen-bond donors (Lipinski definition) is 2. The largest absolute Gasteiger partial charge is 0.454 e. The van der Waals surface area contributed by atoms with Crippen LogP contribution < -0.4 is 20.1 Å². The van der Waals surface area contributed by atoms with Crippen LogP contribution in [0, 0.1) is 10.1 Å². The Bertz CT molecular complexity index is 1670. The Morgan fingerprint density at radius 3 is 2.62 bits per heavy atom. The Morgan fingerprint density at radius 1 is 1.11 bits per heavy atom. The molecule has 0 saturated carbocycles. The number of nitrogens with zero attached hydrogens (tertiary/aromatic N) is 3. The van der Waals surface area contributed by atoms with E-state index >= 15 is 0 Å². The van der Waals surface area contributed by atoms with E-state index in [0.29, 0.717) is 27.7 Å². The summed E-state index contributed by atoms with van der Waals surface area (Å²) in [5.74, 6) is -1.02. The van der Waals surface area contributed by atoms with E-state index in [-0.39, 0.29) is 43.5 Å². The van der Waals surface area contributed by atoms with Crippen molar-refractivity contribution in [1.29, 1.82) is 0 Å². The fraction of sp³-hybridized carbons (Fsp3) is 0.214. The number of benzene rings is 2. The van der Waals surface area contributed by atoms with Crippen LogP contribution in [0.1, 0.15) is 34.5 Å². The van der Waals surface area contributed by atoms with Crippen molar-refractivity contribution in [3.05, 3.63) is 97.3 Å². The molecule has 2 N–H and O–H groups in total. The number of allylic oxidation sites excluding steroid dienone is 1. The van der Waals surface area contributed by atoms with Crippen LogP contribution in [0.2, 0.25) is 10.0 Å². The van der Waals surface area contributed by atoms with Crippen LogP contribution in [0.4, 0.5) is 24.8 Å². The maximum atomic E-state index is 14.0. The smallest absolute Gasteiger partial charge is 0.434 e. The summed E-state index contributed by atoms with van der Waals surface area (Å²) in [6, 6.07) is 9.23. The third-order valence-electron chi connectivity index (χ3n) is 5.93. The molecule has 1 aromatic heterocycles. The molecule has 2 heterocycles. The lowest BCUT2D eigenvalue weighted by atomic mass is 10.1. The molecule has 17 heteroatoms. The first-order valence-electron chi connectivity index (χ1n) is 12.9. The van der Waals surface area contributed by atoms with Gasteiger partial charge >= 0.3 is 6.18 Å². The highest BCUT2D eigenvalue weighted by Gasteiger charge is 2.38. The number of ketones is 1. The molecule has 0 radical (unpaired) electrons. The van der Waals surface area contributed by atoms with Gasteiger partial charge in [0.15, 0.2) is 23.0 Å². The van der Waals surface area contributed by atoms with Crippen molar-refractivity contribution < 1.29 is 42.2 Å². The van der Waals surface area contributed by atoms with Crippen molar-refractivity contribution >= 4 is 52.6 Å². The maximum absolute atomic E-state index is 14.0. The fourth-order valence-electron chi connectivity index (χ4n) is 3.86. The number of alkyl halides is 3. The predicted molar refractivity (Wildman–Crippen MR) is 156 cm³/mol. The van der Waals surface area contributed by atoms with Crippen molar-refractivity contribution in [3.63, 3.8) is 0 Å². The van der Waals surface area contributed by atoms with E-state index in [1.807, 2.05) is 0 Å². The summed E-state index contributed by atoms with van der Waals surface area (Å²) in [6.07, 6.45) is -0.155. The molecule has 1 aliphatic rings. The Labute approximate surface area is 262 Å². The number of rotatable bonds is 13. The Kier molecular flexibility index (Phi) is 10.8. The van der Waals surface area contributed by atoms with Crippen molar-refractivity contribution in [2.24, 2.45) is 0 Å². The Morgan fingerprint density at radius 2 is 1.89 bits per heavy atom. The summed E-state index contributed by atoms with van der Waals surface area (Å²) in [5, 5.41) is 14.7. The molecule has 236 valence electrons. The van der Waals surface area contributed by atoms with Crippen molar-refractivity contribution in [2.75, 3.05) is 25.3 Å². The van der Waals surface area contributed by atoms with E-state index in [9.17, 15) is 32.9 Å². The number of amides is 1. The lowest BCUT2D eigenvalue weighted by molar-refractivity contribution is -0.757. The van der Waals surface area contributed by atoms with Gasteiger partial charge in [-0.05, 0) is 60.0 Å². The summed E-state index contributed by atoms with van der Waals surface area (Å²) >= 11 is 11.9. The SMILES string of the molecule is O=C(C=CC(=Cc1ccc2c(c1)OCO2)CNC(=O)c1cnc(Nc2ccc(Cl)cc2Cl)nc1C(F)(F)F)CCCO[N+](=O)[O-]. The molecule has 0 fully saturated rings. The van der Waals surface area contributed by atoms with E-state index in [2.05, 4.69) is 25.4 Å². The number of anilines is 2. The summed E-state index contributed by atoms with van der Waals surface area (Å²) < 4.78 is 52.5. The number of nitrogens with one attached hydrogen (secondary N) is 2. The van der Waals surface area contributed by atoms with Gasteiger partial charge in [0.2, 0.25) is 12.7 Å². The number of hydrogen-bond acceptors (Lipinski definition) is 10. The molecular weight excluding hydrogens is 646 g/mol. The van der Waals surface area contributed by atoms with Gasteiger partial charge in [-0.25, -0.2) is 9.97 Å². The van der Waals surface area contributed by atoms with Crippen LogP contribution in [0.25, 0.3) is 6.08 Å². The lowest BCUT2D eigenvalue weighted by Gasteiger charge is -2.14. The van der Waals surface area contributed by atoms with Gasteiger partial charge in [-0.1, -0.05) is 35.3 Å². The van der Waals surface area contributed by atoms with Gasteiger partial charge in [-0.15, -0.1) is 10.1 Å². The number of carbonyl (C=O) groups is 2. The summed E-state index contributed by atoms with van der Waals surface area (Å²) in [7, 11) is 0. The van der Waals surface area contributed by atoms with E-state index in [1.54, 1.807) is 24.3 Å². The second kappa shape index (κ2) is 14.7. The molecule has 1 amide bonds. The maximum Gasteiger partial charge on any atom is 0.434 e. The standard InChI is InChI=1S/C28H22Cl2F3N5O7/c29-18-5-7-22(21(30)12-18)36-27-35-14-20(25(37-27)28(31,32)33)26(40)34-13-17(3-6-19(39)2-1-9-45-38(41)42)10-16-4-8-23-24(11-16)44-15-43-23/h3-8,10-12,14H,1-2,9,13,15H2,(H,34,40)(H,35,36,37). The molecule has 0 atom stereocenters. The fourth-order valence-corrected chi connectivity index (χ4v) is 4.31. The highest BCUT2D eigenvalue weighted by atomic mass is 35.5. The third kappa shape index (κ3) is 9.55. The van der Waals surface area contributed by atoms with Crippen molar-refractivity contribution in [3.8, 4) is 11.5 Å². The van der Waals surface area contributed by atoms with Gasteiger partial charge in [0.25, 0.3) is 11.0 Å². The van der Waals surface area contributed by atoms with Gasteiger partial charge in [0.1, 0.15) is 0 Å². The number of halogens is 5. The molecule has 12 nitrogen and oxygen atoms in total. The Hall–Kier alpha value is -4.89. The number of ether oxygens (including phenoxy) is 2. The van der Waals surface area contributed by atoms with Crippen LogP contribution in [0.5, 0.6) is 11.5 Å². The van der Waals surface area contributed by atoms with E-state index in [0.717, 1.165) is 6.20 Å². The van der Waals surface area contributed by atoms with E-state index in [1.165, 1.54) is 30.4 Å². The number of carbonyl (C=O) groups excluding carboxylic acids is 2. The van der Waals surface area contributed by atoms with Crippen molar-refractivity contribution in [2.45, 2.75) is 19.0 Å². The molecule has 0 bridgehead atoms. The highest BCUT2D eigenvalue weighted by Crippen LogP contribution is 2.34. The minimum atomic E-state index is -5.02. The average Bonchev–Trinajstić information content (AvgIpc) is 3.45. The van der Waals surface area contributed by atoms with Crippen LogP contribution in [0.3, 0.4) is 0 Å². The predicted octanol–water partition coefficient (Wildman–Crippen LogP) is 6.20. The molecular formula is C28H22Cl2F3N5O7. The molecule has 1 aliphatic heterocycles. The minimum absolute atomic E-state index is 0.0324. The minimum Gasteiger partial charge on any atom is -0.454 e. The first-order valence-corrected chi connectivity index (χ1v) is 13.7. The van der Waals surface area contributed by atoms with Gasteiger partial charge in [-0.3, -0.25) is 9.59 Å². The van der Waals surface area contributed by atoms with Crippen LogP contribution in [-0.2, 0) is 15.8 Å². The average molecular weight is 668 g/mol. The zero-order valence-corrected chi connectivity index (χ0v) is 24.4. The normalized spacial score (nSPS) is 12.7. The quantitative estimate of drug-likeness (QED) is 0.0707. The first kappa shape index (κ1) is 33.0. The molecule has 0 spiro atoms. The molecule has 0 aliphatic carbocycles. The Balaban J connectivity index is 1.53. The van der Waals surface area contributed by atoms with Gasteiger partial charge in [0.05, 0.1) is 22.9 Å².